The van der Waals surface area contributed by atoms with Gasteiger partial charge in [0.05, 0.1) is 17.2 Å². The number of nitrogens with zero attached hydrogens (tertiary/aromatic N) is 1. The van der Waals surface area contributed by atoms with Crippen LogP contribution in [0.4, 0.5) is 5.69 Å². The van der Waals surface area contributed by atoms with Crippen LogP contribution < -0.4 is 5.32 Å². The van der Waals surface area contributed by atoms with Crippen LogP contribution >= 0.6 is 0 Å². The largest absolute Gasteiger partial charge is 0.452 e. The van der Waals surface area contributed by atoms with E-state index in [2.05, 4.69) is 5.32 Å². The first-order valence-corrected chi connectivity index (χ1v) is 7.18. The second-order valence-corrected chi connectivity index (χ2v) is 4.86. The molecule has 0 radical (unpaired) electrons. The number of hydrogen-bond acceptors (Lipinski definition) is 4. The van der Waals surface area contributed by atoms with Gasteiger partial charge in [-0.25, -0.2) is 4.79 Å². The van der Waals surface area contributed by atoms with Crippen molar-refractivity contribution in [1.29, 1.82) is 5.26 Å². The quantitative estimate of drug-likeness (QED) is 0.861. The Labute approximate surface area is 134 Å². The summed E-state index contributed by atoms with van der Waals surface area (Å²) in [6, 6.07) is 15.5. The second-order valence-electron chi connectivity index (χ2n) is 4.86. The molecule has 5 heteroatoms. The Morgan fingerprint density at radius 1 is 1.09 bits per heavy atom. The second kappa shape index (κ2) is 7.76. The van der Waals surface area contributed by atoms with E-state index < -0.39 is 11.9 Å². The highest BCUT2D eigenvalue weighted by Gasteiger charge is 2.10. The van der Waals surface area contributed by atoms with Gasteiger partial charge < -0.3 is 10.1 Å². The zero-order chi connectivity index (χ0) is 16.7. The minimum Gasteiger partial charge on any atom is -0.452 e. The summed E-state index contributed by atoms with van der Waals surface area (Å²) >= 11 is 0. The lowest BCUT2D eigenvalue weighted by molar-refractivity contribution is -0.119. The molecule has 0 saturated carbocycles. The van der Waals surface area contributed by atoms with Gasteiger partial charge in [0.2, 0.25) is 0 Å². The normalized spacial score (nSPS) is 9.74. The molecule has 2 aromatic rings. The Morgan fingerprint density at radius 2 is 1.74 bits per heavy atom. The maximum atomic E-state index is 11.8. The average Bonchev–Trinajstić information content (AvgIpc) is 2.60. The summed E-state index contributed by atoms with van der Waals surface area (Å²) in [7, 11) is 0. The minimum atomic E-state index is -0.539. The lowest BCUT2D eigenvalue weighted by Gasteiger charge is -2.07. The van der Waals surface area contributed by atoms with E-state index in [0.29, 0.717) is 16.8 Å². The van der Waals surface area contributed by atoms with E-state index in [1.54, 1.807) is 36.4 Å². The number of carbonyl (C=O) groups excluding carboxylic acids is 2. The van der Waals surface area contributed by atoms with Crippen molar-refractivity contribution < 1.29 is 14.3 Å². The number of nitrogens with one attached hydrogen (secondary N) is 1. The molecule has 1 amide bonds. The number of amides is 1. The van der Waals surface area contributed by atoms with Gasteiger partial charge in [0.15, 0.2) is 6.61 Å². The monoisotopic (exact) mass is 308 g/mol. The molecule has 5 nitrogen and oxygen atoms in total. The Bertz CT molecular complexity index is 728. The van der Waals surface area contributed by atoms with Gasteiger partial charge in [-0.15, -0.1) is 0 Å². The van der Waals surface area contributed by atoms with E-state index in [-0.39, 0.29) is 6.61 Å². The van der Waals surface area contributed by atoms with Crippen molar-refractivity contribution in [3.63, 3.8) is 0 Å². The SMILES string of the molecule is CCc1ccc(C(=O)OCC(=O)Nc2ccc(C#N)cc2)cc1. The fraction of sp³-hybridized carbons (Fsp3) is 0.167. The molecule has 116 valence electrons. The van der Waals surface area contributed by atoms with E-state index in [1.165, 1.54) is 0 Å². The molecule has 0 aromatic heterocycles. The third-order valence-electron chi connectivity index (χ3n) is 3.23. The highest BCUT2D eigenvalue weighted by molar-refractivity contribution is 5.95. The number of hydrogen-bond donors (Lipinski definition) is 1. The van der Waals surface area contributed by atoms with Crippen molar-refractivity contribution in [2.75, 3.05) is 11.9 Å². The minimum absolute atomic E-state index is 0.367. The molecule has 0 aliphatic carbocycles. The summed E-state index contributed by atoms with van der Waals surface area (Å²) in [4.78, 5) is 23.6. The highest BCUT2D eigenvalue weighted by atomic mass is 16.5. The number of ether oxygens (including phenoxy) is 1. The molecular weight excluding hydrogens is 292 g/mol. The number of aryl methyl sites for hydroxylation is 1. The molecule has 0 spiro atoms. The lowest BCUT2D eigenvalue weighted by atomic mass is 10.1. The topological polar surface area (TPSA) is 79.2 Å². The maximum absolute atomic E-state index is 11.8. The molecule has 2 aromatic carbocycles. The van der Waals surface area contributed by atoms with Gasteiger partial charge in [-0.2, -0.15) is 5.26 Å². The van der Waals surface area contributed by atoms with Crippen molar-refractivity contribution in [2.45, 2.75) is 13.3 Å². The van der Waals surface area contributed by atoms with Gasteiger partial charge in [0, 0.05) is 5.69 Å². The predicted molar refractivity (Wildman–Crippen MR) is 85.9 cm³/mol. The van der Waals surface area contributed by atoms with Crippen molar-refractivity contribution in [2.24, 2.45) is 0 Å². The standard InChI is InChI=1S/C18H16N2O3/c1-2-13-3-7-15(8-4-13)18(22)23-12-17(21)20-16-9-5-14(11-19)6-10-16/h3-10H,2,12H2,1H3,(H,20,21). The van der Waals surface area contributed by atoms with E-state index in [0.717, 1.165) is 12.0 Å². The first kappa shape index (κ1) is 16.2. The smallest absolute Gasteiger partial charge is 0.338 e. The van der Waals surface area contributed by atoms with Gasteiger partial charge in [-0.3, -0.25) is 4.79 Å². The van der Waals surface area contributed by atoms with Crippen LogP contribution in [-0.2, 0) is 16.0 Å². The Morgan fingerprint density at radius 3 is 2.30 bits per heavy atom. The van der Waals surface area contributed by atoms with Crippen molar-refractivity contribution in [1.82, 2.24) is 0 Å². The third kappa shape index (κ3) is 4.68. The fourth-order valence-corrected chi connectivity index (χ4v) is 1.92. The van der Waals surface area contributed by atoms with Crippen LogP contribution in [0, 0.1) is 11.3 Å². The first-order valence-electron chi connectivity index (χ1n) is 7.18. The van der Waals surface area contributed by atoms with Crippen molar-refractivity contribution >= 4 is 17.6 Å². The molecule has 0 saturated heterocycles. The van der Waals surface area contributed by atoms with Gasteiger partial charge >= 0.3 is 5.97 Å². The van der Waals surface area contributed by atoms with Crippen molar-refractivity contribution in [3.8, 4) is 6.07 Å². The number of esters is 1. The van der Waals surface area contributed by atoms with Crippen molar-refractivity contribution in [3.05, 3.63) is 65.2 Å². The molecule has 0 fully saturated rings. The fourth-order valence-electron chi connectivity index (χ4n) is 1.92. The van der Waals surface area contributed by atoms with Gasteiger partial charge in [-0.05, 0) is 48.4 Å². The van der Waals surface area contributed by atoms with Crippen LogP contribution in [0.5, 0.6) is 0 Å². The Hall–Kier alpha value is -3.13. The average molecular weight is 308 g/mol. The van der Waals surface area contributed by atoms with Crippen LogP contribution in [0.15, 0.2) is 48.5 Å². The van der Waals surface area contributed by atoms with E-state index >= 15 is 0 Å². The molecule has 1 N–H and O–H groups in total. The molecule has 0 unspecified atom stereocenters. The van der Waals surface area contributed by atoms with Crippen LogP contribution in [0.3, 0.4) is 0 Å². The molecule has 2 rings (SSSR count). The van der Waals surface area contributed by atoms with Crippen LogP contribution in [0.2, 0.25) is 0 Å². The van der Waals surface area contributed by atoms with E-state index in [9.17, 15) is 9.59 Å². The number of nitriles is 1. The molecule has 0 aliphatic heterocycles. The summed E-state index contributed by atoms with van der Waals surface area (Å²) in [5.74, 6) is -0.976. The molecular formula is C18H16N2O3. The Balaban J connectivity index is 1.85. The third-order valence-corrected chi connectivity index (χ3v) is 3.23. The number of rotatable bonds is 5. The summed E-state index contributed by atoms with van der Waals surface area (Å²) in [5, 5.41) is 11.3. The zero-order valence-electron chi connectivity index (χ0n) is 12.7. The van der Waals surface area contributed by atoms with E-state index in [4.69, 9.17) is 10.00 Å². The van der Waals surface area contributed by atoms with E-state index in [1.807, 2.05) is 25.1 Å². The number of anilines is 1. The first-order chi connectivity index (χ1) is 11.1. The zero-order valence-corrected chi connectivity index (χ0v) is 12.7. The van der Waals surface area contributed by atoms with Gasteiger partial charge in [0.1, 0.15) is 0 Å². The summed E-state index contributed by atoms with van der Waals surface area (Å²) in [5.41, 5.74) is 2.58. The predicted octanol–water partition coefficient (Wildman–Crippen LogP) is 2.92. The molecule has 0 aliphatic rings. The lowest BCUT2D eigenvalue weighted by Crippen LogP contribution is -2.20. The summed E-state index contributed by atoms with van der Waals surface area (Å²) < 4.78 is 4.98. The molecule has 23 heavy (non-hydrogen) atoms. The van der Waals surface area contributed by atoms with Gasteiger partial charge in [0.25, 0.3) is 5.91 Å². The molecule has 0 bridgehead atoms. The molecule has 0 atom stereocenters. The van der Waals surface area contributed by atoms with Crippen LogP contribution in [0.25, 0.3) is 0 Å². The van der Waals surface area contributed by atoms with Gasteiger partial charge in [-0.1, -0.05) is 19.1 Å². The summed E-state index contributed by atoms with van der Waals surface area (Å²) in [6.07, 6.45) is 0.891. The van der Waals surface area contributed by atoms with Crippen LogP contribution in [-0.4, -0.2) is 18.5 Å². The molecule has 0 heterocycles. The Kier molecular flexibility index (Phi) is 5.48. The summed E-state index contributed by atoms with van der Waals surface area (Å²) in [6.45, 7) is 1.66. The number of carbonyl (C=O) groups is 2. The number of benzene rings is 2. The maximum Gasteiger partial charge on any atom is 0.338 e. The van der Waals surface area contributed by atoms with Crippen LogP contribution in [0.1, 0.15) is 28.4 Å². The highest BCUT2D eigenvalue weighted by Crippen LogP contribution is 2.09.